The molecule has 6 heteroatoms. The first-order valence-corrected chi connectivity index (χ1v) is 6.24. The third-order valence-electron chi connectivity index (χ3n) is 2.35. The summed E-state index contributed by atoms with van der Waals surface area (Å²) in [5.41, 5.74) is 0.855. The number of aliphatic hydroxyl groups is 1. The van der Waals surface area contributed by atoms with Crippen molar-refractivity contribution in [2.24, 2.45) is 0 Å². The molecule has 1 heterocycles. The zero-order chi connectivity index (χ0) is 13.0. The molecule has 18 heavy (non-hydrogen) atoms. The first-order valence-electron chi connectivity index (χ1n) is 5.45. The van der Waals surface area contributed by atoms with E-state index in [1.165, 1.54) is 7.11 Å². The summed E-state index contributed by atoms with van der Waals surface area (Å²) in [6, 6.07) is 7.61. The van der Waals surface area contributed by atoms with Gasteiger partial charge >= 0.3 is 0 Å². The molecule has 0 aliphatic rings. The summed E-state index contributed by atoms with van der Waals surface area (Å²) in [4.78, 5) is 4.24. The van der Waals surface area contributed by atoms with E-state index >= 15 is 0 Å². The van der Waals surface area contributed by atoms with Gasteiger partial charge in [-0.1, -0.05) is 33.2 Å². The van der Waals surface area contributed by atoms with Gasteiger partial charge in [0.15, 0.2) is 0 Å². The van der Waals surface area contributed by atoms with Gasteiger partial charge in [-0.25, -0.2) is 0 Å². The second kappa shape index (κ2) is 6.08. The molecule has 0 amide bonds. The molecule has 0 fully saturated rings. The number of methoxy groups -OCH3 is 1. The van der Waals surface area contributed by atoms with E-state index in [9.17, 15) is 5.11 Å². The molecule has 0 bridgehead atoms. The third kappa shape index (κ3) is 3.16. The number of aliphatic hydroxyl groups excluding tert-OH is 1. The molecule has 0 radical (unpaired) electrons. The van der Waals surface area contributed by atoms with Crippen molar-refractivity contribution in [1.29, 1.82) is 0 Å². The molecule has 96 valence electrons. The number of aromatic nitrogens is 2. The van der Waals surface area contributed by atoms with Gasteiger partial charge in [0.25, 0.3) is 0 Å². The maximum Gasteiger partial charge on any atom is 0.229 e. The number of rotatable bonds is 5. The minimum Gasteiger partial charge on any atom is -0.390 e. The van der Waals surface area contributed by atoms with Crippen LogP contribution in [0.25, 0.3) is 11.4 Å². The molecular formula is C12H13BrN2O3. The zero-order valence-corrected chi connectivity index (χ0v) is 11.4. The molecule has 1 atom stereocenters. The van der Waals surface area contributed by atoms with Crippen molar-refractivity contribution in [3.05, 3.63) is 34.6 Å². The van der Waals surface area contributed by atoms with E-state index in [2.05, 4.69) is 26.1 Å². The smallest absolute Gasteiger partial charge is 0.229 e. The molecule has 1 unspecified atom stereocenters. The SMILES string of the molecule is COCC(O)Cc1nc(-c2ccccc2Br)no1. The van der Waals surface area contributed by atoms with Crippen LogP contribution < -0.4 is 0 Å². The predicted octanol–water partition coefficient (Wildman–Crippen LogP) is 2.05. The largest absolute Gasteiger partial charge is 0.390 e. The van der Waals surface area contributed by atoms with Gasteiger partial charge in [-0.15, -0.1) is 0 Å². The highest BCUT2D eigenvalue weighted by Gasteiger charge is 2.14. The average molecular weight is 313 g/mol. The molecule has 5 nitrogen and oxygen atoms in total. The Morgan fingerprint density at radius 1 is 1.44 bits per heavy atom. The van der Waals surface area contributed by atoms with Crippen molar-refractivity contribution < 1.29 is 14.4 Å². The van der Waals surface area contributed by atoms with Crippen LogP contribution in [-0.2, 0) is 11.2 Å². The second-order valence-electron chi connectivity index (χ2n) is 3.80. The highest BCUT2D eigenvalue weighted by molar-refractivity contribution is 9.10. The maximum absolute atomic E-state index is 9.57. The van der Waals surface area contributed by atoms with E-state index in [4.69, 9.17) is 9.26 Å². The Morgan fingerprint density at radius 2 is 2.22 bits per heavy atom. The molecule has 2 aromatic rings. The van der Waals surface area contributed by atoms with Crippen LogP contribution in [0.15, 0.2) is 33.3 Å². The van der Waals surface area contributed by atoms with Crippen molar-refractivity contribution in [2.45, 2.75) is 12.5 Å². The molecule has 0 spiro atoms. The number of hydrogen-bond acceptors (Lipinski definition) is 5. The highest BCUT2D eigenvalue weighted by Crippen LogP contribution is 2.25. The van der Waals surface area contributed by atoms with E-state index in [1.54, 1.807) is 0 Å². The summed E-state index contributed by atoms with van der Waals surface area (Å²) in [7, 11) is 1.53. The van der Waals surface area contributed by atoms with Gasteiger partial charge in [-0.3, -0.25) is 0 Å². The summed E-state index contributed by atoms with van der Waals surface area (Å²) >= 11 is 3.43. The number of nitrogens with zero attached hydrogens (tertiary/aromatic N) is 2. The van der Waals surface area contributed by atoms with Gasteiger partial charge < -0.3 is 14.4 Å². The number of hydrogen-bond donors (Lipinski definition) is 1. The van der Waals surface area contributed by atoms with Gasteiger partial charge in [-0.05, 0) is 12.1 Å². The fourth-order valence-corrected chi connectivity index (χ4v) is 2.00. The number of benzene rings is 1. The van der Waals surface area contributed by atoms with E-state index < -0.39 is 6.10 Å². The summed E-state index contributed by atoms with van der Waals surface area (Å²) in [6.07, 6.45) is -0.354. The van der Waals surface area contributed by atoms with Crippen LogP contribution in [0.3, 0.4) is 0 Å². The molecule has 0 saturated carbocycles. The van der Waals surface area contributed by atoms with E-state index in [0.717, 1.165) is 10.0 Å². The minimum atomic E-state index is -0.637. The van der Waals surface area contributed by atoms with Crippen LogP contribution in [0, 0.1) is 0 Å². The molecular weight excluding hydrogens is 300 g/mol. The van der Waals surface area contributed by atoms with Crippen molar-refractivity contribution in [3.8, 4) is 11.4 Å². The fourth-order valence-electron chi connectivity index (χ4n) is 1.54. The molecule has 2 rings (SSSR count). The Kier molecular flexibility index (Phi) is 4.46. The fraction of sp³-hybridized carbons (Fsp3) is 0.333. The first-order chi connectivity index (χ1) is 8.70. The monoisotopic (exact) mass is 312 g/mol. The van der Waals surface area contributed by atoms with Gasteiger partial charge in [-0.2, -0.15) is 4.98 Å². The molecule has 1 aromatic carbocycles. The zero-order valence-electron chi connectivity index (χ0n) is 9.84. The number of halogens is 1. The minimum absolute atomic E-state index is 0.243. The van der Waals surface area contributed by atoms with Gasteiger partial charge in [0.2, 0.25) is 11.7 Å². The Bertz CT molecular complexity index is 516. The summed E-state index contributed by atoms with van der Waals surface area (Å²) in [6.45, 7) is 0.243. The van der Waals surface area contributed by atoms with Crippen LogP contribution >= 0.6 is 15.9 Å². The third-order valence-corrected chi connectivity index (χ3v) is 3.04. The Balaban J connectivity index is 2.13. The van der Waals surface area contributed by atoms with E-state index in [0.29, 0.717) is 11.7 Å². The predicted molar refractivity (Wildman–Crippen MR) is 69.0 cm³/mol. The maximum atomic E-state index is 9.57. The standard InChI is InChI=1S/C12H13BrN2O3/c1-17-7-8(16)6-11-14-12(15-18-11)9-4-2-3-5-10(9)13/h2-5,8,16H,6-7H2,1H3. The van der Waals surface area contributed by atoms with Gasteiger partial charge in [0, 0.05) is 17.1 Å². The summed E-state index contributed by atoms with van der Waals surface area (Å²) in [5, 5.41) is 13.5. The highest BCUT2D eigenvalue weighted by atomic mass is 79.9. The summed E-state index contributed by atoms with van der Waals surface area (Å²) < 4.78 is 10.8. The van der Waals surface area contributed by atoms with E-state index in [1.807, 2.05) is 24.3 Å². The Morgan fingerprint density at radius 3 is 2.94 bits per heavy atom. The van der Waals surface area contributed by atoms with Crippen LogP contribution in [-0.4, -0.2) is 35.1 Å². The van der Waals surface area contributed by atoms with Crippen molar-refractivity contribution in [3.63, 3.8) is 0 Å². The van der Waals surface area contributed by atoms with Crippen LogP contribution in [0.5, 0.6) is 0 Å². The lowest BCUT2D eigenvalue weighted by molar-refractivity contribution is 0.0599. The van der Waals surface area contributed by atoms with Gasteiger partial charge in [0.05, 0.1) is 19.1 Å². The second-order valence-corrected chi connectivity index (χ2v) is 4.66. The quantitative estimate of drug-likeness (QED) is 0.915. The van der Waals surface area contributed by atoms with Crippen molar-refractivity contribution in [2.75, 3.05) is 13.7 Å². The topological polar surface area (TPSA) is 68.4 Å². The van der Waals surface area contributed by atoms with Gasteiger partial charge in [0.1, 0.15) is 0 Å². The normalized spacial score (nSPS) is 12.6. The average Bonchev–Trinajstić information content (AvgIpc) is 2.78. The van der Waals surface area contributed by atoms with Crippen LogP contribution in [0.1, 0.15) is 5.89 Å². The first kappa shape index (κ1) is 13.2. The van der Waals surface area contributed by atoms with E-state index in [-0.39, 0.29) is 13.0 Å². The molecule has 0 saturated heterocycles. The van der Waals surface area contributed by atoms with Crippen LogP contribution in [0.4, 0.5) is 0 Å². The van der Waals surface area contributed by atoms with Crippen molar-refractivity contribution >= 4 is 15.9 Å². The Hall–Kier alpha value is -1.24. The molecule has 0 aliphatic heterocycles. The molecule has 1 aromatic heterocycles. The van der Waals surface area contributed by atoms with Crippen molar-refractivity contribution in [1.82, 2.24) is 10.1 Å². The molecule has 0 aliphatic carbocycles. The molecule has 1 N–H and O–H groups in total. The lowest BCUT2D eigenvalue weighted by Crippen LogP contribution is -2.17. The lowest BCUT2D eigenvalue weighted by Gasteiger charge is -2.04. The lowest BCUT2D eigenvalue weighted by atomic mass is 10.2. The number of ether oxygens (including phenoxy) is 1. The van der Waals surface area contributed by atoms with Crippen LogP contribution in [0.2, 0.25) is 0 Å². The Labute approximate surface area is 113 Å². The summed E-state index contributed by atoms with van der Waals surface area (Å²) in [5.74, 6) is 0.896.